The number of hydrogen-bond donors (Lipinski definition) is 3. The molecule has 4 N–H and O–H groups in total. The Bertz CT molecular complexity index is 617. The number of hydrogen-bond acceptors (Lipinski definition) is 2. The molecule has 1 aliphatic rings. The van der Waals surface area contributed by atoms with E-state index in [1.54, 1.807) is 0 Å². The molecule has 2 aromatic rings. The van der Waals surface area contributed by atoms with Crippen molar-refractivity contribution in [3.05, 3.63) is 30.0 Å². The molecule has 0 radical (unpaired) electrons. The molecule has 0 saturated heterocycles. The highest BCUT2D eigenvalue weighted by atomic mass is 16.1. The number of aromatic nitrogens is 1. The number of nitrogen functional groups attached to an aromatic ring is 1. The summed E-state index contributed by atoms with van der Waals surface area (Å²) in [5.41, 5.74) is 8.01. The average molecular weight is 257 g/mol. The molecule has 2 unspecified atom stereocenters. The molecular formula is C15H19N3O. The summed E-state index contributed by atoms with van der Waals surface area (Å²) >= 11 is 0. The molecule has 4 nitrogen and oxygen atoms in total. The van der Waals surface area contributed by atoms with Crippen molar-refractivity contribution in [2.75, 3.05) is 5.73 Å². The van der Waals surface area contributed by atoms with Gasteiger partial charge in [-0.15, -0.1) is 0 Å². The smallest absolute Gasteiger partial charge is 0.267 e. The summed E-state index contributed by atoms with van der Waals surface area (Å²) in [4.78, 5) is 15.4. The topological polar surface area (TPSA) is 70.9 Å². The second-order valence-electron chi connectivity index (χ2n) is 5.52. The second kappa shape index (κ2) is 4.61. The van der Waals surface area contributed by atoms with Gasteiger partial charge in [-0.1, -0.05) is 13.3 Å². The number of carbonyl (C=O) groups excluding carboxylic acids is 1. The SMILES string of the molecule is CC1CCCC1NC(=O)c1cc2cc(N)ccc2[nH]1. The van der Waals surface area contributed by atoms with Crippen molar-refractivity contribution in [2.45, 2.75) is 32.2 Å². The van der Waals surface area contributed by atoms with Crippen LogP contribution in [0.1, 0.15) is 36.7 Å². The number of carbonyl (C=O) groups is 1. The van der Waals surface area contributed by atoms with Crippen LogP contribution in [-0.2, 0) is 0 Å². The van der Waals surface area contributed by atoms with Gasteiger partial charge in [0, 0.05) is 22.6 Å². The van der Waals surface area contributed by atoms with E-state index in [0.29, 0.717) is 23.3 Å². The molecule has 1 amide bonds. The molecule has 3 rings (SSSR count). The molecule has 1 aromatic carbocycles. The van der Waals surface area contributed by atoms with Crippen molar-refractivity contribution in [1.29, 1.82) is 0 Å². The number of nitrogens with one attached hydrogen (secondary N) is 2. The van der Waals surface area contributed by atoms with Crippen LogP contribution < -0.4 is 11.1 Å². The number of nitrogens with two attached hydrogens (primary N) is 1. The highest BCUT2D eigenvalue weighted by Gasteiger charge is 2.25. The van der Waals surface area contributed by atoms with Crippen LogP contribution in [0.2, 0.25) is 0 Å². The minimum atomic E-state index is -0.0199. The van der Waals surface area contributed by atoms with Crippen molar-refractivity contribution in [3.63, 3.8) is 0 Å². The lowest BCUT2D eigenvalue weighted by atomic mass is 10.1. The summed E-state index contributed by atoms with van der Waals surface area (Å²) in [6, 6.07) is 7.78. The minimum Gasteiger partial charge on any atom is -0.399 e. The fraction of sp³-hybridized carbons (Fsp3) is 0.400. The first-order chi connectivity index (χ1) is 9.13. The fourth-order valence-electron chi connectivity index (χ4n) is 2.88. The van der Waals surface area contributed by atoms with Gasteiger partial charge in [0.1, 0.15) is 5.69 Å². The quantitative estimate of drug-likeness (QED) is 0.724. The van der Waals surface area contributed by atoms with Crippen molar-refractivity contribution in [2.24, 2.45) is 5.92 Å². The molecule has 1 aliphatic carbocycles. The van der Waals surface area contributed by atoms with E-state index in [1.807, 2.05) is 24.3 Å². The van der Waals surface area contributed by atoms with Gasteiger partial charge in [0.25, 0.3) is 5.91 Å². The summed E-state index contributed by atoms with van der Waals surface area (Å²) in [5, 5.41) is 4.10. The number of anilines is 1. The van der Waals surface area contributed by atoms with Gasteiger partial charge in [-0.05, 0) is 43.0 Å². The van der Waals surface area contributed by atoms with Crippen LogP contribution in [0.25, 0.3) is 10.9 Å². The third kappa shape index (κ3) is 2.30. The summed E-state index contributed by atoms with van der Waals surface area (Å²) in [7, 11) is 0. The predicted molar refractivity (Wildman–Crippen MR) is 77.0 cm³/mol. The monoisotopic (exact) mass is 257 g/mol. The molecule has 0 spiro atoms. The van der Waals surface area contributed by atoms with Gasteiger partial charge in [-0.3, -0.25) is 4.79 Å². The van der Waals surface area contributed by atoms with Crippen LogP contribution in [-0.4, -0.2) is 16.9 Å². The number of H-pyrrole nitrogens is 1. The van der Waals surface area contributed by atoms with Crippen molar-refractivity contribution in [1.82, 2.24) is 10.3 Å². The van der Waals surface area contributed by atoms with Gasteiger partial charge in [0.2, 0.25) is 0 Å². The standard InChI is InChI=1S/C15H19N3O/c1-9-3-2-4-12(9)18-15(19)14-8-10-7-11(16)5-6-13(10)17-14/h5-9,12,17H,2-4,16H2,1H3,(H,18,19). The minimum absolute atomic E-state index is 0.0199. The zero-order chi connectivity index (χ0) is 13.4. The summed E-state index contributed by atoms with van der Waals surface area (Å²) in [6.45, 7) is 2.20. The molecule has 2 atom stereocenters. The summed E-state index contributed by atoms with van der Waals surface area (Å²) in [5.74, 6) is 0.553. The van der Waals surface area contributed by atoms with Crippen molar-refractivity contribution in [3.8, 4) is 0 Å². The number of amides is 1. The summed E-state index contributed by atoms with van der Waals surface area (Å²) in [6.07, 6.45) is 3.49. The maximum absolute atomic E-state index is 12.2. The van der Waals surface area contributed by atoms with E-state index in [9.17, 15) is 4.79 Å². The maximum atomic E-state index is 12.2. The Kier molecular flexibility index (Phi) is 2.93. The molecule has 19 heavy (non-hydrogen) atoms. The highest BCUT2D eigenvalue weighted by Crippen LogP contribution is 2.25. The Morgan fingerprint density at radius 1 is 1.37 bits per heavy atom. The van der Waals surface area contributed by atoms with Gasteiger partial charge < -0.3 is 16.0 Å². The van der Waals surface area contributed by atoms with Crippen LogP contribution in [0, 0.1) is 5.92 Å². The molecular weight excluding hydrogens is 238 g/mol. The Hall–Kier alpha value is -1.97. The highest BCUT2D eigenvalue weighted by molar-refractivity contribution is 5.98. The van der Waals surface area contributed by atoms with E-state index >= 15 is 0 Å². The second-order valence-corrected chi connectivity index (χ2v) is 5.52. The molecule has 4 heteroatoms. The largest absolute Gasteiger partial charge is 0.399 e. The van der Waals surface area contributed by atoms with Gasteiger partial charge in [-0.25, -0.2) is 0 Å². The van der Waals surface area contributed by atoms with Crippen LogP contribution in [0.5, 0.6) is 0 Å². The van der Waals surface area contributed by atoms with E-state index < -0.39 is 0 Å². The Morgan fingerprint density at radius 2 is 2.21 bits per heavy atom. The zero-order valence-electron chi connectivity index (χ0n) is 11.1. The van der Waals surface area contributed by atoms with E-state index in [4.69, 9.17) is 5.73 Å². The fourth-order valence-corrected chi connectivity index (χ4v) is 2.88. The molecule has 1 fully saturated rings. The average Bonchev–Trinajstić information content (AvgIpc) is 2.96. The van der Waals surface area contributed by atoms with Crippen LogP contribution in [0.3, 0.4) is 0 Å². The van der Waals surface area contributed by atoms with E-state index in [-0.39, 0.29) is 5.91 Å². The molecule has 100 valence electrons. The van der Waals surface area contributed by atoms with Gasteiger partial charge in [0.15, 0.2) is 0 Å². The number of aromatic amines is 1. The van der Waals surface area contributed by atoms with Crippen molar-refractivity contribution >= 4 is 22.5 Å². The predicted octanol–water partition coefficient (Wildman–Crippen LogP) is 2.67. The Balaban J connectivity index is 1.81. The third-order valence-corrected chi connectivity index (χ3v) is 4.07. The molecule has 0 aliphatic heterocycles. The van der Waals surface area contributed by atoms with Crippen LogP contribution in [0.4, 0.5) is 5.69 Å². The van der Waals surface area contributed by atoms with E-state index in [1.165, 1.54) is 12.8 Å². The maximum Gasteiger partial charge on any atom is 0.267 e. The molecule has 1 saturated carbocycles. The van der Waals surface area contributed by atoms with Gasteiger partial charge >= 0.3 is 0 Å². The Morgan fingerprint density at radius 3 is 2.95 bits per heavy atom. The number of rotatable bonds is 2. The first-order valence-corrected chi connectivity index (χ1v) is 6.82. The van der Waals surface area contributed by atoms with Crippen LogP contribution in [0.15, 0.2) is 24.3 Å². The lowest BCUT2D eigenvalue weighted by Crippen LogP contribution is -2.36. The molecule has 0 bridgehead atoms. The number of benzene rings is 1. The van der Waals surface area contributed by atoms with E-state index in [2.05, 4.69) is 17.2 Å². The zero-order valence-corrected chi connectivity index (χ0v) is 11.1. The first kappa shape index (κ1) is 12.1. The number of fused-ring (bicyclic) bond motifs is 1. The summed E-state index contributed by atoms with van der Waals surface area (Å²) < 4.78 is 0. The van der Waals surface area contributed by atoms with Gasteiger partial charge in [-0.2, -0.15) is 0 Å². The Labute approximate surface area is 112 Å². The lowest BCUT2D eigenvalue weighted by Gasteiger charge is -2.16. The van der Waals surface area contributed by atoms with E-state index in [0.717, 1.165) is 17.3 Å². The van der Waals surface area contributed by atoms with Crippen molar-refractivity contribution < 1.29 is 4.79 Å². The molecule has 1 aromatic heterocycles. The lowest BCUT2D eigenvalue weighted by molar-refractivity contribution is 0.0925. The normalized spacial score (nSPS) is 22.8. The first-order valence-electron chi connectivity index (χ1n) is 6.82. The van der Waals surface area contributed by atoms with Gasteiger partial charge in [0.05, 0.1) is 0 Å². The third-order valence-electron chi connectivity index (χ3n) is 4.07. The van der Waals surface area contributed by atoms with Crippen LogP contribution >= 0.6 is 0 Å². The molecule has 1 heterocycles.